The van der Waals surface area contributed by atoms with Gasteiger partial charge in [0.25, 0.3) is 0 Å². The van der Waals surface area contributed by atoms with Gasteiger partial charge in [-0.25, -0.2) is 0 Å². The monoisotopic (exact) mass is 393 g/mol. The third-order valence-electron chi connectivity index (χ3n) is 6.44. The topological polar surface area (TPSA) is 30.3 Å². The Bertz CT molecular complexity index is 967. The van der Waals surface area contributed by atoms with Gasteiger partial charge in [0.05, 0.1) is 24.1 Å². The van der Waals surface area contributed by atoms with Gasteiger partial charge in [0.1, 0.15) is 0 Å². The molecule has 0 aromatic carbocycles. The number of aryl methyl sites for hydroxylation is 1. The molecule has 146 valence electrons. The van der Waals surface area contributed by atoms with Gasteiger partial charge in [-0.1, -0.05) is 0 Å². The van der Waals surface area contributed by atoms with Crippen LogP contribution in [-0.4, -0.2) is 34.1 Å². The van der Waals surface area contributed by atoms with Gasteiger partial charge in [0, 0.05) is 48.5 Å². The molecule has 0 unspecified atom stereocenters. The van der Waals surface area contributed by atoms with Crippen LogP contribution in [-0.2, 0) is 23.3 Å². The van der Waals surface area contributed by atoms with E-state index in [9.17, 15) is 0 Å². The molecule has 1 fully saturated rings. The van der Waals surface area contributed by atoms with Crippen LogP contribution in [0.2, 0.25) is 0 Å². The van der Waals surface area contributed by atoms with Crippen LogP contribution in [0.15, 0.2) is 42.0 Å². The third-order valence-corrected chi connectivity index (χ3v) is 7.42. The van der Waals surface area contributed by atoms with E-state index in [2.05, 4.69) is 51.9 Å². The number of hydrogen-bond donors (Lipinski definition) is 0. The number of piperidine rings is 1. The summed E-state index contributed by atoms with van der Waals surface area (Å²) in [4.78, 5) is 8.42. The largest absolute Gasteiger partial charge is 0.370 e. The van der Waals surface area contributed by atoms with Crippen molar-refractivity contribution < 1.29 is 4.74 Å². The molecule has 0 N–H and O–H groups in total. The smallest absolute Gasteiger partial charge is 0.0966 e. The maximum Gasteiger partial charge on any atom is 0.0966 e. The zero-order valence-corrected chi connectivity index (χ0v) is 17.5. The Morgan fingerprint density at radius 1 is 1.21 bits per heavy atom. The molecule has 1 spiro atoms. The van der Waals surface area contributed by atoms with Crippen LogP contribution >= 0.6 is 11.3 Å². The Morgan fingerprint density at radius 2 is 2.07 bits per heavy atom. The van der Waals surface area contributed by atoms with Crippen LogP contribution in [0.4, 0.5) is 0 Å². The second kappa shape index (κ2) is 7.14. The fourth-order valence-electron chi connectivity index (χ4n) is 4.96. The van der Waals surface area contributed by atoms with E-state index in [4.69, 9.17) is 4.74 Å². The molecule has 0 atom stereocenters. The Kier molecular flexibility index (Phi) is 4.62. The van der Waals surface area contributed by atoms with Crippen molar-refractivity contribution in [2.45, 2.75) is 45.3 Å². The average molecular weight is 394 g/mol. The maximum absolute atomic E-state index is 6.36. The van der Waals surface area contributed by atoms with E-state index in [1.807, 2.05) is 29.8 Å². The predicted molar refractivity (Wildman–Crippen MR) is 113 cm³/mol. The summed E-state index contributed by atoms with van der Waals surface area (Å²) in [5.41, 5.74) is 6.59. The van der Waals surface area contributed by atoms with Crippen LogP contribution in [0, 0.1) is 13.8 Å². The lowest BCUT2D eigenvalue weighted by Crippen LogP contribution is -2.45. The predicted octanol–water partition coefficient (Wildman–Crippen LogP) is 4.61. The molecule has 0 bridgehead atoms. The summed E-state index contributed by atoms with van der Waals surface area (Å²) in [5, 5.41) is 2.24. The molecule has 5 heterocycles. The number of hydrogen-bond acceptors (Lipinski definition) is 4. The lowest BCUT2D eigenvalue weighted by molar-refractivity contribution is -0.0980. The highest BCUT2D eigenvalue weighted by Crippen LogP contribution is 2.43. The molecular formula is C23H27N3OS. The minimum atomic E-state index is -0.0311. The number of rotatable bonds is 3. The normalized spacial score (nSPS) is 19.1. The number of aromatic nitrogens is 2. The van der Waals surface area contributed by atoms with Crippen molar-refractivity contribution in [1.82, 2.24) is 14.5 Å². The van der Waals surface area contributed by atoms with Gasteiger partial charge in [-0.05, 0) is 67.5 Å². The Balaban J connectivity index is 1.32. The molecule has 5 rings (SSSR count). The summed E-state index contributed by atoms with van der Waals surface area (Å²) in [7, 11) is 0. The van der Waals surface area contributed by atoms with Crippen LogP contribution < -0.4 is 0 Å². The third kappa shape index (κ3) is 3.02. The van der Waals surface area contributed by atoms with E-state index in [0.717, 1.165) is 51.2 Å². The lowest BCUT2D eigenvalue weighted by atomic mass is 9.82. The van der Waals surface area contributed by atoms with Gasteiger partial charge in [-0.3, -0.25) is 9.88 Å². The first-order chi connectivity index (χ1) is 13.7. The molecule has 0 saturated carbocycles. The van der Waals surface area contributed by atoms with Crippen molar-refractivity contribution in [3.8, 4) is 5.69 Å². The molecular weight excluding hydrogens is 366 g/mol. The molecule has 0 aliphatic carbocycles. The van der Waals surface area contributed by atoms with Gasteiger partial charge in [0.2, 0.25) is 0 Å². The summed E-state index contributed by atoms with van der Waals surface area (Å²) in [6.45, 7) is 8.47. The Morgan fingerprint density at radius 3 is 2.86 bits per heavy atom. The quantitative estimate of drug-likeness (QED) is 0.651. The van der Waals surface area contributed by atoms with Crippen LogP contribution in [0.1, 0.15) is 40.2 Å². The van der Waals surface area contributed by atoms with Gasteiger partial charge in [0.15, 0.2) is 0 Å². The van der Waals surface area contributed by atoms with E-state index < -0.39 is 0 Å². The van der Waals surface area contributed by atoms with E-state index in [1.54, 1.807) is 4.88 Å². The van der Waals surface area contributed by atoms with Crippen LogP contribution in [0.25, 0.3) is 5.69 Å². The minimum Gasteiger partial charge on any atom is -0.370 e. The van der Waals surface area contributed by atoms with Gasteiger partial charge < -0.3 is 9.30 Å². The van der Waals surface area contributed by atoms with Gasteiger partial charge in [-0.2, -0.15) is 0 Å². The molecule has 2 aliphatic heterocycles. The number of fused-ring (bicyclic) bond motifs is 2. The number of pyridine rings is 1. The maximum atomic E-state index is 6.36. The summed E-state index contributed by atoms with van der Waals surface area (Å²) in [6, 6.07) is 8.76. The number of likely N-dealkylation sites (tertiary alicyclic amines) is 1. The molecule has 28 heavy (non-hydrogen) atoms. The molecule has 5 heteroatoms. The number of thiophene rings is 1. The van der Waals surface area contributed by atoms with E-state index in [1.165, 1.54) is 22.5 Å². The van der Waals surface area contributed by atoms with Crippen LogP contribution in [0.5, 0.6) is 0 Å². The minimum absolute atomic E-state index is 0.0311. The first-order valence-electron chi connectivity index (χ1n) is 10.2. The molecule has 0 amide bonds. The standard InChI is InChI=1S/C23H27N3OS/c1-17-14-19(18(2)26(17)20-4-3-9-24-15-20)16-25-10-7-23(8-11-25)21-6-13-28-22(21)5-12-27-23/h3-4,6,9,13-15H,5,7-8,10-12,16H2,1-2H3. The molecule has 2 aliphatic rings. The molecule has 3 aromatic rings. The fourth-order valence-corrected chi connectivity index (χ4v) is 5.91. The molecule has 3 aromatic heterocycles. The Labute approximate surface area is 170 Å². The first-order valence-corrected chi connectivity index (χ1v) is 11.1. The second-order valence-corrected chi connectivity index (χ2v) is 9.07. The summed E-state index contributed by atoms with van der Waals surface area (Å²) in [5.74, 6) is 0. The zero-order valence-electron chi connectivity index (χ0n) is 16.6. The van der Waals surface area contributed by atoms with Crippen molar-refractivity contribution >= 4 is 11.3 Å². The summed E-state index contributed by atoms with van der Waals surface area (Å²) in [6.07, 6.45) is 7.04. The van der Waals surface area contributed by atoms with E-state index in [-0.39, 0.29) is 5.60 Å². The summed E-state index contributed by atoms with van der Waals surface area (Å²) >= 11 is 1.90. The lowest BCUT2D eigenvalue weighted by Gasteiger charge is -2.44. The van der Waals surface area contributed by atoms with E-state index >= 15 is 0 Å². The van der Waals surface area contributed by atoms with Crippen molar-refractivity contribution in [2.75, 3.05) is 19.7 Å². The van der Waals surface area contributed by atoms with Gasteiger partial charge in [-0.15, -0.1) is 11.3 Å². The summed E-state index contributed by atoms with van der Waals surface area (Å²) < 4.78 is 8.68. The molecule has 1 saturated heterocycles. The highest BCUT2D eigenvalue weighted by atomic mass is 32.1. The fraction of sp³-hybridized carbons (Fsp3) is 0.435. The van der Waals surface area contributed by atoms with E-state index in [0.29, 0.717) is 0 Å². The number of ether oxygens (including phenoxy) is 1. The average Bonchev–Trinajstić information content (AvgIpc) is 3.30. The first kappa shape index (κ1) is 18.1. The number of nitrogens with zero attached hydrogens (tertiary/aromatic N) is 3. The van der Waals surface area contributed by atoms with Crippen molar-refractivity contribution in [1.29, 1.82) is 0 Å². The highest BCUT2D eigenvalue weighted by molar-refractivity contribution is 7.10. The zero-order chi connectivity index (χ0) is 19.1. The molecule has 0 radical (unpaired) electrons. The van der Waals surface area contributed by atoms with Gasteiger partial charge >= 0.3 is 0 Å². The van der Waals surface area contributed by atoms with Crippen LogP contribution in [0.3, 0.4) is 0 Å². The SMILES string of the molecule is Cc1cc(CN2CCC3(CC2)OCCc2sccc23)c(C)n1-c1cccnc1. The van der Waals surface area contributed by atoms with Crippen molar-refractivity contribution in [2.24, 2.45) is 0 Å². The van der Waals surface area contributed by atoms with Crippen molar-refractivity contribution in [3.05, 3.63) is 69.4 Å². The molecule has 4 nitrogen and oxygen atoms in total. The highest BCUT2D eigenvalue weighted by Gasteiger charge is 2.41. The Hall–Kier alpha value is -1.95. The second-order valence-electron chi connectivity index (χ2n) is 8.07. The van der Waals surface area contributed by atoms with Crippen molar-refractivity contribution in [3.63, 3.8) is 0 Å².